The van der Waals surface area contributed by atoms with Gasteiger partial charge < -0.3 is 0 Å². The summed E-state index contributed by atoms with van der Waals surface area (Å²) < 4.78 is 0. The monoisotopic (exact) mass is 374 g/mol. The molecule has 2 aliphatic carbocycles. The van der Waals surface area contributed by atoms with E-state index in [1.165, 1.54) is 32.7 Å². The third kappa shape index (κ3) is 3.03. The molecule has 0 spiro atoms. The molecule has 0 aromatic rings. The summed E-state index contributed by atoms with van der Waals surface area (Å²) in [7, 11) is -0.510. The van der Waals surface area contributed by atoms with Gasteiger partial charge in [0.05, 0.1) is 9.52 Å². The van der Waals surface area contributed by atoms with E-state index < -0.39 is 9.52 Å². The normalized spacial score (nSPS) is 20.3. The minimum absolute atomic E-state index is 0. The van der Waals surface area contributed by atoms with Crippen LogP contribution in [-0.2, 0) is 26.2 Å². The van der Waals surface area contributed by atoms with E-state index in [2.05, 4.69) is 27.7 Å². The van der Waals surface area contributed by atoms with E-state index in [1.54, 1.807) is 0 Å². The van der Waals surface area contributed by atoms with Gasteiger partial charge in [-0.2, -0.15) is 0 Å². The van der Waals surface area contributed by atoms with Gasteiger partial charge in [0, 0.05) is 49.1 Å². The number of allylic oxidation sites excluding steroid dienone is 8. The average molecular weight is 377 g/mol. The molecule has 2 rings (SSSR count). The van der Waals surface area contributed by atoms with Crippen molar-refractivity contribution in [1.29, 1.82) is 0 Å². The maximum absolute atomic E-state index is 6.37. The number of hydrogen-bond acceptors (Lipinski definition) is 0. The molecule has 0 unspecified atom stereocenters. The Morgan fingerprint density at radius 1 is 0.778 bits per heavy atom. The van der Waals surface area contributed by atoms with E-state index in [4.69, 9.17) is 23.2 Å². The maximum Gasteiger partial charge on any atom is 0.0912 e. The van der Waals surface area contributed by atoms with E-state index in [0.717, 1.165) is 22.9 Å². The van der Waals surface area contributed by atoms with Crippen molar-refractivity contribution in [3.8, 4) is 0 Å². The van der Waals surface area contributed by atoms with Gasteiger partial charge in [-0.3, -0.25) is 0 Å². The molecule has 0 saturated carbocycles. The second-order valence-electron chi connectivity index (χ2n) is 5.11. The molecular weight excluding hydrogens is 358 g/mol. The zero-order valence-corrected chi connectivity index (χ0v) is 16.8. The standard InChI is InChI=1S/C14H18Cl2Si.Zr/c1-7-5-11(15)13(9(7)3)17-14-10(4)8(2)6-12(14)16;/h5-6,17H2,1-4H3;. The Kier molecular flexibility index (Phi) is 5.93. The summed E-state index contributed by atoms with van der Waals surface area (Å²) in [6.07, 6.45) is 1.89. The zero-order chi connectivity index (χ0) is 12.7. The number of rotatable bonds is 2. The van der Waals surface area contributed by atoms with Gasteiger partial charge in [-0.05, 0) is 38.1 Å². The predicted octanol–water partition coefficient (Wildman–Crippen LogP) is 4.53. The molecule has 0 N–H and O–H groups in total. The Balaban J connectivity index is 0.00000162. The van der Waals surface area contributed by atoms with Crippen LogP contribution in [0.5, 0.6) is 0 Å². The van der Waals surface area contributed by atoms with Crippen LogP contribution in [0.1, 0.15) is 40.5 Å². The quantitative estimate of drug-likeness (QED) is 0.621. The van der Waals surface area contributed by atoms with Crippen LogP contribution in [-0.4, -0.2) is 9.52 Å². The van der Waals surface area contributed by atoms with Crippen LogP contribution >= 0.6 is 23.2 Å². The Labute approximate surface area is 141 Å². The maximum atomic E-state index is 6.37. The second-order valence-corrected chi connectivity index (χ2v) is 7.79. The summed E-state index contributed by atoms with van der Waals surface area (Å²) in [6, 6.07) is 0. The van der Waals surface area contributed by atoms with Crippen molar-refractivity contribution >= 4 is 32.7 Å². The summed E-state index contributed by atoms with van der Waals surface area (Å²) in [6.45, 7) is 8.75. The summed E-state index contributed by atoms with van der Waals surface area (Å²) in [5.74, 6) is 0. The van der Waals surface area contributed by atoms with Crippen LogP contribution in [0.2, 0.25) is 0 Å². The van der Waals surface area contributed by atoms with E-state index in [1.807, 2.05) is 0 Å². The molecule has 0 aromatic heterocycles. The first-order chi connectivity index (χ1) is 7.91. The molecule has 0 atom stereocenters. The minimum atomic E-state index is -0.510. The molecule has 0 fully saturated rings. The van der Waals surface area contributed by atoms with Crippen LogP contribution < -0.4 is 0 Å². The van der Waals surface area contributed by atoms with Crippen molar-refractivity contribution in [3.63, 3.8) is 0 Å². The summed E-state index contributed by atoms with van der Waals surface area (Å²) in [5, 5.41) is 4.96. The molecule has 0 aromatic carbocycles. The van der Waals surface area contributed by atoms with Gasteiger partial charge in [0.15, 0.2) is 0 Å². The van der Waals surface area contributed by atoms with Crippen molar-refractivity contribution in [2.45, 2.75) is 40.5 Å². The van der Waals surface area contributed by atoms with Crippen LogP contribution in [0.3, 0.4) is 0 Å². The molecule has 0 bridgehead atoms. The fourth-order valence-corrected chi connectivity index (χ4v) is 5.71. The van der Waals surface area contributed by atoms with Crippen molar-refractivity contribution < 1.29 is 26.2 Å². The molecular formula is C14H18Cl2SiZr. The molecule has 2 aliphatic rings. The summed E-state index contributed by atoms with van der Waals surface area (Å²) in [5.41, 5.74) is 5.67. The smallest absolute Gasteiger partial charge is 0.0889 e. The molecule has 0 heterocycles. The Morgan fingerprint density at radius 3 is 1.33 bits per heavy atom. The van der Waals surface area contributed by atoms with Crippen molar-refractivity contribution in [1.82, 2.24) is 0 Å². The van der Waals surface area contributed by atoms with Gasteiger partial charge in [0.1, 0.15) is 0 Å². The first kappa shape index (κ1) is 16.7. The summed E-state index contributed by atoms with van der Waals surface area (Å²) >= 11 is 12.7. The fourth-order valence-electron chi connectivity index (χ4n) is 2.50. The zero-order valence-electron chi connectivity index (χ0n) is 11.4. The molecule has 96 valence electrons. The Hall–Kier alpha value is 0.640. The largest absolute Gasteiger partial charge is 0.0912 e. The number of hydrogen-bond donors (Lipinski definition) is 0. The molecule has 0 nitrogen and oxygen atoms in total. The fraction of sp³-hybridized carbons (Fsp3) is 0.429. The van der Waals surface area contributed by atoms with E-state index in [9.17, 15) is 0 Å². The van der Waals surface area contributed by atoms with E-state index >= 15 is 0 Å². The van der Waals surface area contributed by atoms with Crippen molar-refractivity contribution in [2.75, 3.05) is 0 Å². The summed E-state index contributed by atoms with van der Waals surface area (Å²) in [4.78, 5) is 0. The molecule has 18 heavy (non-hydrogen) atoms. The first-order valence-corrected chi connectivity index (χ1v) is 8.17. The van der Waals surface area contributed by atoms with Gasteiger partial charge in [-0.25, -0.2) is 0 Å². The molecule has 0 radical (unpaired) electrons. The van der Waals surface area contributed by atoms with Crippen LogP contribution in [0.4, 0.5) is 0 Å². The molecule has 0 aliphatic heterocycles. The van der Waals surface area contributed by atoms with Gasteiger partial charge in [0.25, 0.3) is 0 Å². The second kappa shape index (κ2) is 6.39. The van der Waals surface area contributed by atoms with Crippen LogP contribution in [0.25, 0.3) is 0 Å². The number of halogens is 2. The van der Waals surface area contributed by atoms with Gasteiger partial charge in [-0.1, -0.05) is 45.5 Å². The predicted molar refractivity (Wildman–Crippen MR) is 80.3 cm³/mol. The Bertz CT molecular complexity index is 464. The topological polar surface area (TPSA) is 0 Å². The van der Waals surface area contributed by atoms with Crippen LogP contribution in [0.15, 0.2) is 42.7 Å². The van der Waals surface area contributed by atoms with Crippen LogP contribution in [0, 0.1) is 0 Å². The minimum Gasteiger partial charge on any atom is -0.0889 e. The van der Waals surface area contributed by atoms with Gasteiger partial charge in [-0.15, -0.1) is 0 Å². The SMILES string of the molecule is CC1=C(C)C([SiH2]C2=C(Cl)CC(C)=C2C)=C(Cl)C1.[Zr]. The van der Waals surface area contributed by atoms with Crippen molar-refractivity contribution in [3.05, 3.63) is 42.7 Å². The third-order valence-corrected chi connectivity index (χ3v) is 7.83. The van der Waals surface area contributed by atoms with Gasteiger partial charge in [0.2, 0.25) is 0 Å². The first-order valence-electron chi connectivity index (χ1n) is 6.00. The molecule has 0 saturated heterocycles. The third-order valence-electron chi connectivity index (χ3n) is 4.03. The Morgan fingerprint density at radius 2 is 1.11 bits per heavy atom. The van der Waals surface area contributed by atoms with E-state index in [-0.39, 0.29) is 26.2 Å². The molecule has 0 amide bonds. The molecule has 4 heteroatoms. The van der Waals surface area contributed by atoms with E-state index in [0.29, 0.717) is 0 Å². The average Bonchev–Trinajstić information content (AvgIpc) is 2.62. The van der Waals surface area contributed by atoms with Crippen molar-refractivity contribution in [2.24, 2.45) is 0 Å². The van der Waals surface area contributed by atoms with Gasteiger partial charge >= 0.3 is 0 Å².